The maximum atomic E-state index is 13.4. The quantitative estimate of drug-likeness (QED) is 0.417. The van der Waals surface area contributed by atoms with Crippen molar-refractivity contribution in [3.8, 4) is 11.5 Å². The minimum atomic E-state index is -1.26. The molecule has 3 saturated heterocycles. The molecule has 2 unspecified atom stereocenters. The van der Waals surface area contributed by atoms with Crippen molar-refractivity contribution in [2.24, 2.45) is 5.92 Å². The highest BCUT2D eigenvalue weighted by Crippen LogP contribution is 2.41. The predicted molar refractivity (Wildman–Crippen MR) is 151 cm³/mol. The van der Waals surface area contributed by atoms with Gasteiger partial charge in [0.25, 0.3) is 11.8 Å². The van der Waals surface area contributed by atoms with E-state index in [1.807, 2.05) is 24.3 Å². The van der Waals surface area contributed by atoms with Crippen LogP contribution in [0.4, 0.5) is 5.69 Å². The van der Waals surface area contributed by atoms with E-state index in [-0.39, 0.29) is 17.9 Å². The average molecular weight is 586 g/mol. The Morgan fingerprint density at radius 1 is 1.10 bits per heavy atom. The van der Waals surface area contributed by atoms with E-state index in [1.54, 1.807) is 31.1 Å². The van der Waals surface area contributed by atoms with Crippen LogP contribution in [0.3, 0.4) is 0 Å². The van der Waals surface area contributed by atoms with Crippen LogP contribution in [0.25, 0.3) is 0 Å². The number of carbonyl (C=O) groups excluding carboxylic acids is 2. The van der Waals surface area contributed by atoms with Gasteiger partial charge in [-0.25, -0.2) is 9.59 Å². The minimum absolute atomic E-state index is 0.118. The summed E-state index contributed by atoms with van der Waals surface area (Å²) >= 11 is 6.43. The zero-order chi connectivity index (χ0) is 29.7. The van der Waals surface area contributed by atoms with E-state index >= 15 is 0 Å². The molecule has 0 aromatic heterocycles. The Hall–Kier alpha value is -4.09. The second kappa shape index (κ2) is 13.0. The van der Waals surface area contributed by atoms with Crippen molar-refractivity contribution in [2.45, 2.75) is 38.5 Å². The first-order chi connectivity index (χ1) is 19.5. The van der Waals surface area contributed by atoms with E-state index < -0.39 is 18.0 Å². The lowest BCUT2D eigenvalue weighted by Crippen LogP contribution is -2.57. The highest BCUT2D eigenvalue weighted by atomic mass is 35.5. The van der Waals surface area contributed by atoms with Crippen LogP contribution in [0.2, 0.25) is 5.02 Å². The highest BCUT2D eigenvalue weighted by molar-refractivity contribution is 6.31. The van der Waals surface area contributed by atoms with Crippen molar-refractivity contribution in [2.75, 3.05) is 31.6 Å². The van der Waals surface area contributed by atoms with Gasteiger partial charge in [0, 0.05) is 29.8 Å². The lowest BCUT2D eigenvalue weighted by Gasteiger charge is -2.45. The largest absolute Gasteiger partial charge is 0.497 e. The van der Waals surface area contributed by atoms with Gasteiger partial charge in [0.05, 0.1) is 24.9 Å². The molecule has 2 atom stereocenters. The molecule has 6 rings (SSSR count). The van der Waals surface area contributed by atoms with Gasteiger partial charge in [0.2, 0.25) is 0 Å². The SMILES string of the molecule is COc1ccc(CN2C(=O)C(C)Oc3c(C(=O)NC4CN5CCC4CC5)cc(Cl)cc32)cc1.O=C(O)C=CC(=O)O. The summed E-state index contributed by atoms with van der Waals surface area (Å²) < 4.78 is 11.2. The number of halogens is 1. The summed E-state index contributed by atoms with van der Waals surface area (Å²) in [4.78, 5) is 49.5. The number of aliphatic carboxylic acids is 2. The fourth-order valence-corrected chi connectivity index (χ4v) is 5.44. The number of fused-ring (bicyclic) bond motifs is 4. The Balaban J connectivity index is 0.000000426. The van der Waals surface area contributed by atoms with E-state index in [1.165, 1.54) is 0 Å². The number of nitrogens with zero attached hydrogens (tertiary/aromatic N) is 2. The molecule has 12 heteroatoms. The summed E-state index contributed by atoms with van der Waals surface area (Å²) in [7, 11) is 1.61. The summed E-state index contributed by atoms with van der Waals surface area (Å²) in [5.74, 6) is -1.25. The van der Waals surface area contributed by atoms with E-state index in [4.69, 9.17) is 31.3 Å². The third-order valence-corrected chi connectivity index (χ3v) is 7.54. The van der Waals surface area contributed by atoms with Crippen LogP contribution in [-0.2, 0) is 20.9 Å². The van der Waals surface area contributed by atoms with E-state index in [9.17, 15) is 19.2 Å². The molecule has 11 nitrogen and oxygen atoms in total. The number of hydrogen-bond donors (Lipinski definition) is 3. The number of rotatable bonds is 7. The van der Waals surface area contributed by atoms with Gasteiger partial charge in [-0.3, -0.25) is 9.59 Å². The highest BCUT2D eigenvalue weighted by Gasteiger charge is 2.38. The van der Waals surface area contributed by atoms with Crippen molar-refractivity contribution in [3.05, 3.63) is 64.7 Å². The molecular formula is C29H32ClN3O8. The molecule has 2 bridgehead atoms. The van der Waals surface area contributed by atoms with Crippen molar-refractivity contribution in [3.63, 3.8) is 0 Å². The second-order valence-corrected chi connectivity index (χ2v) is 10.5. The monoisotopic (exact) mass is 585 g/mol. The Labute approximate surface area is 242 Å². The third kappa shape index (κ3) is 7.36. The molecule has 3 fully saturated rings. The molecule has 2 aromatic rings. The van der Waals surface area contributed by atoms with Crippen LogP contribution in [0.5, 0.6) is 11.5 Å². The molecule has 4 aliphatic heterocycles. The molecule has 4 heterocycles. The number of carbonyl (C=O) groups is 4. The van der Waals surface area contributed by atoms with Gasteiger partial charge in [0.15, 0.2) is 11.9 Å². The number of amides is 2. The molecule has 41 heavy (non-hydrogen) atoms. The smallest absolute Gasteiger partial charge is 0.328 e. The second-order valence-electron chi connectivity index (χ2n) is 10.1. The van der Waals surface area contributed by atoms with Crippen molar-refractivity contribution < 1.29 is 38.9 Å². The summed E-state index contributed by atoms with van der Waals surface area (Å²) in [6, 6.07) is 11.0. The van der Waals surface area contributed by atoms with Gasteiger partial charge in [-0.15, -0.1) is 0 Å². The minimum Gasteiger partial charge on any atom is -0.497 e. The number of ether oxygens (including phenoxy) is 2. The molecule has 0 spiro atoms. The molecular weight excluding hydrogens is 554 g/mol. The van der Waals surface area contributed by atoms with Crippen molar-refractivity contribution in [1.82, 2.24) is 10.2 Å². The molecule has 0 radical (unpaired) electrons. The predicted octanol–water partition coefficient (Wildman–Crippen LogP) is 3.20. The van der Waals surface area contributed by atoms with Crippen LogP contribution >= 0.6 is 11.6 Å². The first-order valence-corrected chi connectivity index (χ1v) is 13.5. The molecule has 2 aromatic carbocycles. The number of benzene rings is 2. The number of methoxy groups -OCH3 is 1. The zero-order valence-electron chi connectivity index (χ0n) is 22.7. The Morgan fingerprint density at radius 2 is 1.73 bits per heavy atom. The van der Waals surface area contributed by atoms with E-state index in [0.29, 0.717) is 46.6 Å². The number of piperidine rings is 3. The van der Waals surface area contributed by atoms with Crippen LogP contribution in [-0.4, -0.2) is 77.8 Å². The molecule has 0 aliphatic carbocycles. The lowest BCUT2D eigenvalue weighted by molar-refractivity contribution is -0.134. The normalized spacial score (nSPS) is 22.7. The topological polar surface area (TPSA) is 146 Å². The van der Waals surface area contributed by atoms with Gasteiger partial charge in [-0.05, 0) is 68.6 Å². The maximum absolute atomic E-state index is 13.4. The fraction of sp³-hybridized carbons (Fsp3) is 0.379. The van der Waals surface area contributed by atoms with Crippen LogP contribution in [0.15, 0.2) is 48.6 Å². The van der Waals surface area contributed by atoms with Gasteiger partial charge < -0.3 is 34.8 Å². The molecule has 3 N–H and O–H groups in total. The van der Waals surface area contributed by atoms with Gasteiger partial charge in [-0.1, -0.05) is 23.7 Å². The maximum Gasteiger partial charge on any atom is 0.328 e. The number of carboxylic acid groups (broad SMARTS) is 2. The third-order valence-electron chi connectivity index (χ3n) is 7.32. The summed E-state index contributed by atoms with van der Waals surface area (Å²) in [6.45, 7) is 5.12. The number of carboxylic acids is 2. The first-order valence-electron chi connectivity index (χ1n) is 13.2. The first kappa shape index (κ1) is 29.9. The van der Waals surface area contributed by atoms with Crippen molar-refractivity contribution in [1.29, 1.82) is 0 Å². The molecule has 2 amide bonds. The van der Waals surface area contributed by atoms with Crippen LogP contribution in [0, 0.1) is 5.92 Å². The Kier molecular flexibility index (Phi) is 9.51. The molecule has 4 aliphatic rings. The van der Waals surface area contributed by atoms with Crippen LogP contribution in [0.1, 0.15) is 35.7 Å². The van der Waals surface area contributed by atoms with Gasteiger partial charge in [0.1, 0.15) is 5.75 Å². The molecule has 0 saturated carbocycles. The Bertz CT molecular complexity index is 1320. The standard InChI is InChI=1S/C25H28ClN3O4.C4H4O4/c1-15-25(31)29(13-16-3-5-19(32-2)6-4-16)22-12-18(26)11-20(23(22)33-15)24(30)27-21-14-28-9-7-17(21)8-10-28;5-3(6)1-2-4(7)8/h3-6,11-12,15,17,21H,7-10,13-14H2,1-2H3,(H,27,30);1-2H,(H,5,6)(H,7,8). The van der Waals surface area contributed by atoms with E-state index in [0.717, 1.165) is 43.8 Å². The number of hydrogen-bond acceptors (Lipinski definition) is 7. The number of nitrogens with one attached hydrogen (secondary N) is 1. The summed E-state index contributed by atoms with van der Waals surface area (Å²) in [6.07, 6.45) is 2.62. The zero-order valence-corrected chi connectivity index (χ0v) is 23.5. The van der Waals surface area contributed by atoms with Crippen molar-refractivity contribution >= 4 is 41.0 Å². The number of anilines is 1. The van der Waals surface area contributed by atoms with Gasteiger partial charge in [-0.2, -0.15) is 0 Å². The average Bonchev–Trinajstić information content (AvgIpc) is 2.95. The molecule has 218 valence electrons. The van der Waals surface area contributed by atoms with Crippen LogP contribution < -0.4 is 19.7 Å². The van der Waals surface area contributed by atoms with Gasteiger partial charge >= 0.3 is 11.9 Å². The van der Waals surface area contributed by atoms with E-state index in [2.05, 4.69) is 10.2 Å². The fourth-order valence-electron chi connectivity index (χ4n) is 5.23. The lowest BCUT2D eigenvalue weighted by atomic mass is 9.84. The summed E-state index contributed by atoms with van der Waals surface area (Å²) in [5.41, 5.74) is 1.82. The Morgan fingerprint density at radius 3 is 2.27 bits per heavy atom. The summed E-state index contributed by atoms with van der Waals surface area (Å²) in [5, 5.41) is 19.2.